The number of nitrogens with one attached hydrogen (secondary N) is 1. The predicted molar refractivity (Wildman–Crippen MR) is 149 cm³/mol. The van der Waals surface area contributed by atoms with E-state index in [4.69, 9.17) is 4.99 Å². The maximum atomic E-state index is 13.2. The number of carbonyl (C=O) groups excluding carboxylic acids is 1. The molecule has 3 atom stereocenters. The number of aliphatic carboxylic acids is 1. The van der Waals surface area contributed by atoms with Gasteiger partial charge in [-0.15, -0.1) is 0 Å². The average molecular weight is 496 g/mol. The van der Waals surface area contributed by atoms with Crippen LogP contribution in [0.1, 0.15) is 79.1 Å². The number of aliphatic imine (C=N–C) groups is 1. The Kier molecular flexibility index (Phi) is 10.9. The van der Waals surface area contributed by atoms with Crippen LogP contribution in [0, 0.1) is 5.41 Å². The first kappa shape index (κ1) is 29.3. The number of hydrogen-bond donors (Lipinski definition) is 2. The lowest BCUT2D eigenvalue weighted by molar-refractivity contribution is -0.145. The second kappa shape index (κ2) is 13.4. The molecule has 6 nitrogen and oxygen atoms in total. The van der Waals surface area contributed by atoms with Crippen LogP contribution in [0.4, 0.5) is 0 Å². The molecular formula is C30H45N3O3. The standard InChI is InChI=1S/C30H45N3O3/c1-7-8-10-14-26-31-25(24(4)16-15-23(2)3)13-11-9-12-21-33(26)22-27(34)32-30(6)19-17-29(5,18-20-30)28(35)36/h11,13,15-17,19,25H,2,4,7-10,12,14,18,20-22H2,1,3,5-6H3,(H,32,34)(H,35,36)/b13-11?,16-15-,31-26?. The van der Waals surface area contributed by atoms with Crippen molar-refractivity contribution in [3.63, 3.8) is 0 Å². The number of allylic oxidation sites excluding steroid dienone is 3. The molecule has 1 heterocycles. The highest BCUT2D eigenvalue weighted by atomic mass is 16.4. The summed E-state index contributed by atoms with van der Waals surface area (Å²) in [6.07, 6.45) is 18.7. The highest BCUT2D eigenvalue weighted by Crippen LogP contribution is 2.35. The Hall–Kier alpha value is -2.89. The number of hydrogen-bond acceptors (Lipinski definition) is 4. The Bertz CT molecular complexity index is 945. The van der Waals surface area contributed by atoms with Gasteiger partial charge < -0.3 is 15.3 Å². The Morgan fingerprint density at radius 3 is 2.58 bits per heavy atom. The van der Waals surface area contributed by atoms with Gasteiger partial charge >= 0.3 is 5.97 Å². The number of amidine groups is 1. The average Bonchev–Trinajstić information content (AvgIpc) is 2.91. The van der Waals surface area contributed by atoms with Crippen molar-refractivity contribution in [1.29, 1.82) is 0 Å². The lowest BCUT2D eigenvalue weighted by Gasteiger charge is -2.37. The Morgan fingerprint density at radius 1 is 1.22 bits per heavy atom. The second-order valence-electron chi connectivity index (χ2n) is 10.7. The third-order valence-corrected chi connectivity index (χ3v) is 6.97. The summed E-state index contributed by atoms with van der Waals surface area (Å²) < 4.78 is 0. The molecule has 0 radical (unpaired) electrons. The molecule has 0 fully saturated rings. The van der Waals surface area contributed by atoms with Gasteiger partial charge in [-0.25, -0.2) is 0 Å². The number of amides is 1. The van der Waals surface area contributed by atoms with E-state index in [1.165, 1.54) is 0 Å². The van der Waals surface area contributed by atoms with E-state index in [9.17, 15) is 14.7 Å². The summed E-state index contributed by atoms with van der Waals surface area (Å²) >= 11 is 0. The van der Waals surface area contributed by atoms with E-state index in [2.05, 4.69) is 42.5 Å². The van der Waals surface area contributed by atoms with Crippen LogP contribution in [0.2, 0.25) is 0 Å². The summed E-state index contributed by atoms with van der Waals surface area (Å²) in [4.78, 5) is 32.0. The molecule has 6 heteroatoms. The zero-order valence-corrected chi connectivity index (χ0v) is 22.7. The van der Waals surface area contributed by atoms with E-state index in [1.807, 2.05) is 32.1 Å². The van der Waals surface area contributed by atoms with Crippen molar-refractivity contribution >= 4 is 17.7 Å². The van der Waals surface area contributed by atoms with Gasteiger partial charge in [0.25, 0.3) is 0 Å². The number of carbonyl (C=O) groups is 2. The minimum Gasteiger partial charge on any atom is -0.481 e. The minimum absolute atomic E-state index is 0.0750. The van der Waals surface area contributed by atoms with Gasteiger partial charge in [0.2, 0.25) is 5.91 Å². The Morgan fingerprint density at radius 2 is 1.97 bits per heavy atom. The van der Waals surface area contributed by atoms with Crippen molar-refractivity contribution < 1.29 is 14.7 Å². The smallest absolute Gasteiger partial charge is 0.313 e. The number of nitrogens with zero attached hydrogens (tertiary/aromatic N) is 2. The van der Waals surface area contributed by atoms with Crippen LogP contribution >= 0.6 is 0 Å². The predicted octanol–water partition coefficient (Wildman–Crippen LogP) is 5.99. The number of carboxylic acid groups (broad SMARTS) is 1. The maximum Gasteiger partial charge on any atom is 0.313 e. The van der Waals surface area contributed by atoms with E-state index in [-0.39, 0.29) is 18.5 Å². The lowest BCUT2D eigenvalue weighted by atomic mass is 9.74. The summed E-state index contributed by atoms with van der Waals surface area (Å²) in [6.45, 7) is 17.0. The monoisotopic (exact) mass is 495 g/mol. The molecule has 0 saturated carbocycles. The van der Waals surface area contributed by atoms with Crippen LogP contribution in [-0.2, 0) is 9.59 Å². The van der Waals surface area contributed by atoms with Gasteiger partial charge in [0.15, 0.2) is 0 Å². The summed E-state index contributed by atoms with van der Waals surface area (Å²) in [5.74, 6) is 0.0384. The summed E-state index contributed by atoms with van der Waals surface area (Å²) in [5, 5.41) is 12.7. The molecule has 0 aromatic heterocycles. The van der Waals surface area contributed by atoms with E-state index in [0.29, 0.717) is 12.8 Å². The molecule has 1 aliphatic heterocycles. The van der Waals surface area contributed by atoms with Crippen LogP contribution in [-0.4, -0.2) is 52.4 Å². The van der Waals surface area contributed by atoms with Crippen molar-refractivity contribution in [2.75, 3.05) is 13.1 Å². The highest BCUT2D eigenvalue weighted by molar-refractivity contribution is 5.88. The largest absolute Gasteiger partial charge is 0.481 e. The number of rotatable bonds is 11. The molecular weight excluding hydrogens is 450 g/mol. The SMILES string of the molecule is C=C(C)/C=C\C(=C)C1C=CCCCN(CC(=O)NC2(C)C=CC(C)(C(=O)O)CC2)C(CCCCC)=N1. The van der Waals surface area contributed by atoms with Gasteiger partial charge in [-0.1, -0.05) is 75.0 Å². The van der Waals surface area contributed by atoms with Crippen molar-refractivity contribution in [1.82, 2.24) is 10.2 Å². The fourth-order valence-electron chi connectivity index (χ4n) is 4.39. The van der Waals surface area contributed by atoms with E-state index in [1.54, 1.807) is 13.0 Å². The zero-order chi connectivity index (χ0) is 26.8. The zero-order valence-electron chi connectivity index (χ0n) is 22.7. The van der Waals surface area contributed by atoms with Crippen LogP contribution in [0.25, 0.3) is 0 Å². The Balaban J connectivity index is 2.22. The molecule has 0 aromatic carbocycles. The van der Waals surface area contributed by atoms with Crippen molar-refractivity contribution in [2.45, 2.75) is 90.6 Å². The second-order valence-corrected chi connectivity index (χ2v) is 10.7. The maximum absolute atomic E-state index is 13.2. The molecule has 0 saturated heterocycles. The molecule has 2 N–H and O–H groups in total. The normalized spacial score (nSPS) is 26.6. The van der Waals surface area contributed by atoms with Gasteiger partial charge in [-0.3, -0.25) is 14.6 Å². The molecule has 2 rings (SSSR count). The summed E-state index contributed by atoms with van der Waals surface area (Å²) in [5.41, 5.74) is 0.419. The fourth-order valence-corrected chi connectivity index (χ4v) is 4.39. The van der Waals surface area contributed by atoms with Gasteiger partial charge in [0.05, 0.1) is 23.5 Å². The van der Waals surface area contributed by atoms with Crippen LogP contribution in [0.3, 0.4) is 0 Å². The first-order chi connectivity index (χ1) is 17.0. The summed E-state index contributed by atoms with van der Waals surface area (Å²) in [6, 6.07) is -0.173. The van der Waals surface area contributed by atoms with E-state index < -0.39 is 16.9 Å². The number of unbranched alkanes of at least 4 members (excludes halogenated alkanes) is 2. The first-order valence-corrected chi connectivity index (χ1v) is 13.2. The van der Waals surface area contributed by atoms with E-state index >= 15 is 0 Å². The Labute approximate surface area is 217 Å². The molecule has 1 amide bonds. The molecule has 0 bridgehead atoms. The molecule has 198 valence electrons. The summed E-state index contributed by atoms with van der Waals surface area (Å²) in [7, 11) is 0. The quantitative estimate of drug-likeness (QED) is 0.210. The van der Waals surface area contributed by atoms with Crippen molar-refractivity contribution in [3.8, 4) is 0 Å². The third-order valence-electron chi connectivity index (χ3n) is 6.97. The van der Waals surface area contributed by atoms with Gasteiger partial charge in [0, 0.05) is 13.0 Å². The molecule has 0 aromatic rings. The molecule has 2 aliphatic rings. The molecule has 3 unspecified atom stereocenters. The van der Waals surface area contributed by atoms with Gasteiger partial charge in [-0.05, 0) is 58.4 Å². The third kappa shape index (κ3) is 8.96. The first-order valence-electron chi connectivity index (χ1n) is 13.2. The van der Waals surface area contributed by atoms with Crippen molar-refractivity contribution in [3.05, 3.63) is 60.8 Å². The molecule has 1 aliphatic carbocycles. The fraction of sp³-hybridized carbons (Fsp3) is 0.567. The lowest BCUT2D eigenvalue weighted by Crippen LogP contribution is -2.51. The number of carboxylic acids is 1. The highest BCUT2D eigenvalue weighted by Gasteiger charge is 2.38. The van der Waals surface area contributed by atoms with Crippen molar-refractivity contribution in [2.24, 2.45) is 10.4 Å². The minimum atomic E-state index is -0.881. The van der Waals surface area contributed by atoms with Gasteiger partial charge in [-0.2, -0.15) is 0 Å². The topological polar surface area (TPSA) is 82.0 Å². The van der Waals surface area contributed by atoms with Crippen LogP contribution in [0.5, 0.6) is 0 Å². The molecule has 36 heavy (non-hydrogen) atoms. The van der Waals surface area contributed by atoms with Crippen LogP contribution < -0.4 is 5.32 Å². The molecule has 0 spiro atoms. The van der Waals surface area contributed by atoms with Crippen LogP contribution in [0.15, 0.2) is 65.8 Å². The van der Waals surface area contributed by atoms with Gasteiger partial charge in [0.1, 0.15) is 5.84 Å². The van der Waals surface area contributed by atoms with E-state index in [0.717, 1.165) is 62.1 Å².